The van der Waals surface area contributed by atoms with Crippen molar-refractivity contribution >= 4 is 28.4 Å². The summed E-state index contributed by atoms with van der Waals surface area (Å²) >= 11 is 0. The van der Waals surface area contributed by atoms with Gasteiger partial charge in [0.1, 0.15) is 11.5 Å². The van der Waals surface area contributed by atoms with Crippen LogP contribution in [0.1, 0.15) is 22.8 Å². The quantitative estimate of drug-likeness (QED) is 0.270. The molecule has 9 nitrogen and oxygen atoms in total. The van der Waals surface area contributed by atoms with Gasteiger partial charge >= 0.3 is 0 Å². The number of pyridine rings is 2. The van der Waals surface area contributed by atoms with Crippen molar-refractivity contribution in [3.8, 4) is 16.9 Å². The zero-order valence-electron chi connectivity index (χ0n) is 22.8. The Morgan fingerprint density at radius 2 is 1.83 bits per heavy atom. The highest BCUT2D eigenvalue weighted by Crippen LogP contribution is 2.24. The monoisotopic (exact) mass is 552 g/mol. The third kappa shape index (κ3) is 5.64. The first-order chi connectivity index (χ1) is 19.8. The predicted molar refractivity (Wildman–Crippen MR) is 157 cm³/mol. The second-order valence-corrected chi connectivity index (χ2v) is 9.62. The second kappa shape index (κ2) is 11.6. The fourth-order valence-corrected chi connectivity index (χ4v) is 4.63. The van der Waals surface area contributed by atoms with Gasteiger partial charge < -0.3 is 25.1 Å². The van der Waals surface area contributed by atoms with Crippen molar-refractivity contribution in [3.05, 3.63) is 113 Å². The number of carbonyl (C=O) groups is 2. The number of nitrogens with one attached hydrogen (secondary N) is 3. The van der Waals surface area contributed by atoms with Crippen LogP contribution in [0.15, 0.2) is 90.1 Å². The van der Waals surface area contributed by atoms with Gasteiger partial charge in [-0.05, 0) is 79.7 Å². The van der Waals surface area contributed by atoms with Gasteiger partial charge in [0.15, 0.2) is 0 Å². The number of hydrogen-bond acceptors (Lipinski definition) is 5. The number of benzene rings is 2. The third-order valence-electron chi connectivity index (χ3n) is 6.96. The topological polar surface area (TPSA) is 110 Å². The molecule has 41 heavy (non-hydrogen) atoms. The van der Waals surface area contributed by atoms with Gasteiger partial charge in [-0.25, -0.2) is 4.39 Å². The van der Waals surface area contributed by atoms with E-state index < -0.39 is 11.6 Å². The lowest BCUT2D eigenvalue weighted by Crippen LogP contribution is -2.37. The van der Waals surface area contributed by atoms with Crippen LogP contribution in [-0.2, 0) is 11.3 Å². The van der Waals surface area contributed by atoms with Crippen LogP contribution in [0.25, 0.3) is 27.8 Å². The Kier molecular flexibility index (Phi) is 7.75. The van der Waals surface area contributed by atoms with E-state index in [2.05, 4.69) is 20.9 Å². The number of halogens is 1. The molecule has 5 aromatic rings. The van der Waals surface area contributed by atoms with E-state index in [9.17, 15) is 18.8 Å². The van der Waals surface area contributed by atoms with Gasteiger partial charge in [0.25, 0.3) is 11.5 Å². The Morgan fingerprint density at radius 3 is 2.61 bits per heavy atom. The van der Waals surface area contributed by atoms with Crippen molar-refractivity contribution in [3.63, 3.8) is 0 Å². The van der Waals surface area contributed by atoms with Gasteiger partial charge in [-0.3, -0.25) is 19.4 Å². The molecule has 0 aliphatic heterocycles. The molecule has 0 saturated carbocycles. The maximum Gasteiger partial charge on any atom is 0.275 e. The first kappa shape index (κ1) is 27.5. The van der Waals surface area contributed by atoms with Crippen LogP contribution in [0, 0.1) is 5.82 Å². The summed E-state index contributed by atoms with van der Waals surface area (Å²) in [6, 6.07) is 18.1. The van der Waals surface area contributed by atoms with E-state index >= 15 is 0 Å². The first-order valence-corrected chi connectivity index (χ1v) is 13.0. The minimum Gasteiger partial charge on any atom is -0.355 e. The van der Waals surface area contributed by atoms with Crippen molar-refractivity contribution in [2.24, 2.45) is 0 Å². The fourth-order valence-electron chi connectivity index (χ4n) is 4.63. The molecule has 0 bridgehead atoms. The molecule has 3 aromatic heterocycles. The van der Waals surface area contributed by atoms with Crippen molar-refractivity contribution in [2.45, 2.75) is 19.5 Å². The van der Waals surface area contributed by atoms with E-state index in [4.69, 9.17) is 0 Å². The van der Waals surface area contributed by atoms with Gasteiger partial charge in [-0.2, -0.15) is 0 Å². The Morgan fingerprint density at radius 1 is 1.00 bits per heavy atom. The maximum atomic E-state index is 13.8. The van der Waals surface area contributed by atoms with Crippen molar-refractivity contribution in [1.29, 1.82) is 0 Å². The van der Waals surface area contributed by atoms with Crippen molar-refractivity contribution < 1.29 is 14.0 Å². The summed E-state index contributed by atoms with van der Waals surface area (Å²) in [6.45, 7) is 1.83. The Hall–Kier alpha value is -5.09. The van der Waals surface area contributed by atoms with E-state index in [1.807, 2.05) is 29.0 Å². The van der Waals surface area contributed by atoms with Gasteiger partial charge in [0.05, 0.1) is 35.7 Å². The molecule has 10 heteroatoms. The molecule has 0 spiro atoms. The highest BCUT2D eigenvalue weighted by Gasteiger charge is 2.17. The lowest BCUT2D eigenvalue weighted by molar-refractivity contribution is -0.117. The number of aromatic nitrogens is 3. The summed E-state index contributed by atoms with van der Waals surface area (Å²) in [5.74, 6) is -0.905. The summed E-state index contributed by atoms with van der Waals surface area (Å²) < 4.78 is 17.2. The third-order valence-corrected chi connectivity index (χ3v) is 6.96. The lowest BCUT2D eigenvalue weighted by atomic mass is 10.1. The minimum absolute atomic E-state index is 0.130. The van der Waals surface area contributed by atoms with Crippen molar-refractivity contribution in [2.75, 3.05) is 19.4 Å². The molecule has 3 N–H and O–H groups in total. The summed E-state index contributed by atoms with van der Waals surface area (Å²) in [6.07, 6.45) is 5.20. The van der Waals surface area contributed by atoms with Crippen LogP contribution in [0.3, 0.4) is 0 Å². The number of hydrogen-bond donors (Lipinski definition) is 3. The highest BCUT2D eigenvalue weighted by atomic mass is 19.1. The number of amides is 2. The van der Waals surface area contributed by atoms with E-state index in [0.29, 0.717) is 16.8 Å². The average molecular weight is 553 g/mol. The minimum atomic E-state index is -0.502. The fraction of sp³-hybridized carbons (Fsp3) is 0.161. The largest absolute Gasteiger partial charge is 0.355 e. The summed E-state index contributed by atoms with van der Waals surface area (Å²) in [4.78, 5) is 43.1. The molecule has 2 amide bonds. The molecule has 5 rings (SSSR count). The maximum absolute atomic E-state index is 13.8. The molecule has 0 unspecified atom stereocenters. The zero-order chi connectivity index (χ0) is 29.1. The predicted octanol–water partition coefficient (Wildman–Crippen LogP) is 3.95. The normalized spacial score (nSPS) is 11.8. The van der Waals surface area contributed by atoms with Gasteiger partial charge in [-0.1, -0.05) is 12.1 Å². The van der Waals surface area contributed by atoms with E-state index in [1.54, 1.807) is 74.4 Å². The molecular formula is C31H29FN6O3. The van der Waals surface area contributed by atoms with Crippen LogP contribution in [0.4, 0.5) is 10.1 Å². The number of carbonyl (C=O) groups excluding carboxylic acids is 2. The van der Waals surface area contributed by atoms with Crippen LogP contribution in [0.5, 0.6) is 0 Å². The van der Waals surface area contributed by atoms with E-state index in [-0.39, 0.29) is 29.9 Å². The van der Waals surface area contributed by atoms with E-state index in [0.717, 1.165) is 22.2 Å². The van der Waals surface area contributed by atoms with Crippen LogP contribution >= 0.6 is 0 Å². The number of rotatable bonds is 8. The molecule has 0 aliphatic rings. The van der Waals surface area contributed by atoms with Gasteiger partial charge in [-0.15, -0.1) is 0 Å². The number of fused-ring (bicyclic) bond motifs is 1. The molecule has 1 atom stereocenters. The standard InChI is InChI=1S/C31H29FN6O3/c1-19(33-2)29(39)36-26-8-10-28(21-5-4-6-23(14-21)30(40)34-3)38(31(26)41)18-20-13-25(17-35-16-20)37-12-11-22-15-24(32)7-9-27(22)37/h4-17,19,33H,18H2,1-3H3,(H,34,40)(H,36,39)/t19-/m0/s1. The SMILES string of the molecule is CNC(=O)c1cccc(-c2ccc(NC(=O)[C@H](C)NC)c(=O)n2Cc2cncc(-n3ccc4cc(F)ccc43)c2)c1. The molecule has 0 aliphatic carbocycles. The highest BCUT2D eigenvalue weighted by molar-refractivity contribution is 5.96. The average Bonchev–Trinajstić information content (AvgIpc) is 3.41. The zero-order valence-corrected chi connectivity index (χ0v) is 22.8. The van der Waals surface area contributed by atoms with Crippen LogP contribution in [0.2, 0.25) is 0 Å². The Balaban J connectivity index is 1.59. The first-order valence-electron chi connectivity index (χ1n) is 13.0. The smallest absolute Gasteiger partial charge is 0.275 e. The Labute approximate surface area is 235 Å². The number of nitrogens with zero attached hydrogens (tertiary/aromatic N) is 3. The number of likely N-dealkylation sites (N-methyl/N-ethyl adjacent to an activating group) is 1. The Bertz CT molecular complexity index is 1830. The van der Waals surface area contributed by atoms with Crippen molar-refractivity contribution in [1.82, 2.24) is 24.8 Å². The summed E-state index contributed by atoms with van der Waals surface area (Å²) in [5, 5.41) is 8.95. The molecule has 2 aromatic carbocycles. The lowest BCUT2D eigenvalue weighted by Gasteiger charge is -2.17. The van der Waals surface area contributed by atoms with Crippen LogP contribution < -0.4 is 21.5 Å². The summed E-state index contributed by atoms with van der Waals surface area (Å²) in [5.41, 5.74) is 3.68. The second-order valence-electron chi connectivity index (χ2n) is 9.62. The van der Waals surface area contributed by atoms with Crippen LogP contribution in [-0.4, -0.2) is 46.1 Å². The van der Waals surface area contributed by atoms with Gasteiger partial charge in [0, 0.05) is 30.4 Å². The molecule has 0 fully saturated rings. The molecule has 208 valence electrons. The molecule has 0 saturated heterocycles. The molecular weight excluding hydrogens is 523 g/mol. The molecule has 3 heterocycles. The number of anilines is 1. The molecule has 0 radical (unpaired) electrons. The van der Waals surface area contributed by atoms with E-state index in [1.165, 1.54) is 12.1 Å². The van der Waals surface area contributed by atoms with Gasteiger partial charge in [0.2, 0.25) is 5.91 Å². The summed E-state index contributed by atoms with van der Waals surface area (Å²) in [7, 11) is 3.22.